The van der Waals surface area contributed by atoms with Gasteiger partial charge in [0.1, 0.15) is 5.82 Å². The monoisotopic (exact) mass is 352 g/mol. The minimum Gasteiger partial charge on any atom is -0.478 e. The summed E-state index contributed by atoms with van der Waals surface area (Å²) in [5.74, 6) is -0.299. The molecule has 1 saturated heterocycles. The largest absolute Gasteiger partial charge is 0.478 e. The van der Waals surface area contributed by atoms with E-state index in [1.807, 2.05) is 0 Å². The van der Waals surface area contributed by atoms with E-state index in [4.69, 9.17) is 5.11 Å². The average molecular weight is 352 g/mol. The van der Waals surface area contributed by atoms with Gasteiger partial charge in [-0.05, 0) is 44.4 Å². The topological polar surface area (TPSA) is 87.1 Å². The van der Waals surface area contributed by atoms with Crippen LogP contribution in [0.5, 0.6) is 0 Å². The molecule has 1 aromatic carbocycles. The fourth-order valence-electron chi connectivity index (χ4n) is 3.28. The second-order valence-corrected chi connectivity index (χ2v) is 6.85. The van der Waals surface area contributed by atoms with E-state index in [9.17, 15) is 4.79 Å². The Balaban J connectivity index is 1.75. The van der Waals surface area contributed by atoms with Gasteiger partial charge in [0.15, 0.2) is 0 Å². The maximum absolute atomic E-state index is 10.6. The van der Waals surface area contributed by atoms with Crippen LogP contribution >= 0.6 is 0 Å². The Labute approximate surface area is 153 Å². The summed E-state index contributed by atoms with van der Waals surface area (Å²) in [6, 6.07) is 8.64. The summed E-state index contributed by atoms with van der Waals surface area (Å²) < 4.78 is 0. The lowest BCUT2D eigenvalue weighted by Gasteiger charge is -2.39. The first kappa shape index (κ1) is 18.1. The second-order valence-electron chi connectivity index (χ2n) is 6.85. The normalized spacial score (nSPS) is 20.2. The number of carbonyl (C=O) groups is 1. The van der Waals surface area contributed by atoms with Crippen LogP contribution in [0.25, 0.3) is 6.08 Å². The number of piperidine rings is 1. The van der Waals surface area contributed by atoms with Crippen LogP contribution in [0.2, 0.25) is 0 Å². The molecule has 6 heteroatoms. The van der Waals surface area contributed by atoms with Gasteiger partial charge in [-0.15, -0.1) is 0 Å². The summed E-state index contributed by atoms with van der Waals surface area (Å²) in [5.41, 5.74) is 2.96. The van der Waals surface area contributed by atoms with E-state index >= 15 is 0 Å². The third kappa shape index (κ3) is 4.89. The molecule has 1 fully saturated rings. The quantitative estimate of drug-likeness (QED) is 0.693. The number of nitrogens with zero attached hydrogens (tertiary/aromatic N) is 2. The molecule has 6 nitrogen and oxygen atoms in total. The van der Waals surface area contributed by atoms with Gasteiger partial charge in [0, 0.05) is 12.6 Å². The summed E-state index contributed by atoms with van der Waals surface area (Å²) in [6.45, 7) is 3.99. The molecule has 0 saturated carbocycles. The van der Waals surface area contributed by atoms with Gasteiger partial charge in [0.2, 0.25) is 0 Å². The second kappa shape index (κ2) is 8.10. The van der Waals surface area contributed by atoms with Crippen LogP contribution in [0.15, 0.2) is 42.7 Å². The maximum atomic E-state index is 10.6. The van der Waals surface area contributed by atoms with Gasteiger partial charge in [0.05, 0.1) is 23.6 Å². The summed E-state index contributed by atoms with van der Waals surface area (Å²) in [6.07, 6.45) is 8.79. The zero-order valence-corrected chi connectivity index (χ0v) is 14.9. The third-order valence-electron chi connectivity index (χ3n) is 4.60. The molecule has 1 atom stereocenters. The maximum Gasteiger partial charge on any atom is 0.328 e. The molecule has 0 aliphatic carbocycles. The third-order valence-corrected chi connectivity index (χ3v) is 4.60. The molecule has 0 bridgehead atoms. The molecule has 3 rings (SSSR count). The predicted molar refractivity (Wildman–Crippen MR) is 102 cm³/mol. The summed E-state index contributed by atoms with van der Waals surface area (Å²) in [5, 5.41) is 15.7. The van der Waals surface area contributed by atoms with Crippen molar-refractivity contribution in [1.82, 2.24) is 15.3 Å². The molecule has 0 spiro atoms. The Morgan fingerprint density at radius 3 is 2.73 bits per heavy atom. The van der Waals surface area contributed by atoms with Crippen molar-refractivity contribution < 1.29 is 9.90 Å². The molecule has 0 unspecified atom stereocenters. The molecule has 1 aromatic heterocycles. The Morgan fingerprint density at radius 1 is 1.31 bits per heavy atom. The highest BCUT2D eigenvalue weighted by Crippen LogP contribution is 2.26. The Bertz CT molecular complexity index is 763. The highest BCUT2D eigenvalue weighted by molar-refractivity contribution is 5.84. The fraction of sp³-hybridized carbons (Fsp3) is 0.350. The first-order valence-electron chi connectivity index (χ1n) is 8.82. The standard InChI is InChI=1S/C20H24N4O2/c1-15-3-5-16(6-4-15)11-20(9-2-10-21-14-20)24-18-13-22-17(12-23-18)7-8-19(25)26/h3-8,12-13,21H,2,9-11,14H2,1H3,(H,23,24)(H,25,26)/b8-7+/t20-/m1/s1. The van der Waals surface area contributed by atoms with E-state index in [2.05, 4.69) is 51.8 Å². The van der Waals surface area contributed by atoms with Crippen LogP contribution in [0, 0.1) is 6.92 Å². The van der Waals surface area contributed by atoms with Crippen molar-refractivity contribution in [3.05, 3.63) is 59.6 Å². The number of nitrogens with one attached hydrogen (secondary N) is 2. The van der Waals surface area contributed by atoms with Crippen molar-refractivity contribution in [3.8, 4) is 0 Å². The van der Waals surface area contributed by atoms with Gasteiger partial charge in [-0.3, -0.25) is 4.98 Å². The van der Waals surface area contributed by atoms with Crippen molar-refractivity contribution in [2.24, 2.45) is 0 Å². The number of rotatable bonds is 6. The van der Waals surface area contributed by atoms with Gasteiger partial charge in [-0.2, -0.15) is 0 Å². The highest BCUT2D eigenvalue weighted by atomic mass is 16.4. The molecule has 1 aliphatic rings. The number of carboxylic acids is 1. The molecule has 3 N–H and O–H groups in total. The lowest BCUT2D eigenvalue weighted by atomic mass is 9.83. The zero-order chi connectivity index (χ0) is 18.4. The van der Waals surface area contributed by atoms with Gasteiger partial charge in [0.25, 0.3) is 0 Å². The Hall–Kier alpha value is -2.73. The van der Waals surface area contributed by atoms with Gasteiger partial charge < -0.3 is 15.7 Å². The summed E-state index contributed by atoms with van der Waals surface area (Å²) >= 11 is 0. The first-order chi connectivity index (χ1) is 12.5. The lowest BCUT2D eigenvalue weighted by Crippen LogP contribution is -2.53. The van der Waals surface area contributed by atoms with Crippen molar-refractivity contribution in [2.75, 3.05) is 18.4 Å². The number of hydrogen-bond donors (Lipinski definition) is 3. The molecule has 26 heavy (non-hydrogen) atoms. The van der Waals surface area contributed by atoms with Crippen LogP contribution in [0.4, 0.5) is 5.82 Å². The number of aromatic nitrogens is 2. The zero-order valence-electron chi connectivity index (χ0n) is 14.9. The number of aliphatic carboxylic acids is 1. The van der Waals surface area contributed by atoms with Crippen molar-refractivity contribution in [3.63, 3.8) is 0 Å². The predicted octanol–water partition coefficient (Wildman–Crippen LogP) is 2.66. The van der Waals surface area contributed by atoms with Crippen molar-refractivity contribution >= 4 is 17.9 Å². The van der Waals surface area contributed by atoms with Crippen LogP contribution in [0.1, 0.15) is 29.7 Å². The lowest BCUT2D eigenvalue weighted by molar-refractivity contribution is -0.131. The van der Waals surface area contributed by atoms with E-state index in [1.54, 1.807) is 12.4 Å². The molecule has 2 heterocycles. The Morgan fingerprint density at radius 2 is 2.12 bits per heavy atom. The van der Waals surface area contributed by atoms with E-state index in [-0.39, 0.29) is 5.54 Å². The van der Waals surface area contributed by atoms with E-state index < -0.39 is 5.97 Å². The van der Waals surface area contributed by atoms with E-state index in [0.717, 1.165) is 38.4 Å². The highest BCUT2D eigenvalue weighted by Gasteiger charge is 2.32. The van der Waals surface area contributed by atoms with Crippen molar-refractivity contribution in [1.29, 1.82) is 0 Å². The average Bonchev–Trinajstić information content (AvgIpc) is 2.64. The fourth-order valence-corrected chi connectivity index (χ4v) is 3.28. The summed E-state index contributed by atoms with van der Waals surface area (Å²) in [7, 11) is 0. The molecule has 0 amide bonds. The van der Waals surface area contributed by atoms with Crippen LogP contribution in [-0.4, -0.2) is 39.7 Å². The molecule has 1 aliphatic heterocycles. The molecular weight excluding hydrogens is 328 g/mol. The number of anilines is 1. The number of hydrogen-bond acceptors (Lipinski definition) is 5. The van der Waals surface area contributed by atoms with Crippen LogP contribution in [-0.2, 0) is 11.2 Å². The van der Waals surface area contributed by atoms with E-state index in [1.165, 1.54) is 17.2 Å². The van der Waals surface area contributed by atoms with Crippen LogP contribution in [0.3, 0.4) is 0 Å². The number of carboxylic acid groups (broad SMARTS) is 1. The minimum atomic E-state index is -1.00. The molecular formula is C20H24N4O2. The molecule has 136 valence electrons. The minimum absolute atomic E-state index is 0.111. The van der Waals surface area contributed by atoms with Gasteiger partial charge >= 0.3 is 5.97 Å². The SMILES string of the molecule is Cc1ccc(C[C@]2(Nc3cnc(/C=C/C(=O)O)cn3)CCCNC2)cc1. The van der Waals surface area contributed by atoms with Crippen molar-refractivity contribution in [2.45, 2.75) is 31.7 Å². The Kier molecular flexibility index (Phi) is 5.63. The van der Waals surface area contributed by atoms with Gasteiger partial charge in [-0.1, -0.05) is 29.8 Å². The summed E-state index contributed by atoms with van der Waals surface area (Å²) in [4.78, 5) is 19.3. The molecule has 0 radical (unpaired) electrons. The van der Waals surface area contributed by atoms with Gasteiger partial charge in [-0.25, -0.2) is 9.78 Å². The first-order valence-corrected chi connectivity index (χ1v) is 8.82. The van der Waals surface area contributed by atoms with Crippen LogP contribution < -0.4 is 10.6 Å². The number of benzene rings is 1. The smallest absolute Gasteiger partial charge is 0.328 e. The number of aryl methyl sites for hydroxylation is 1. The van der Waals surface area contributed by atoms with E-state index in [0.29, 0.717) is 11.5 Å². The molecule has 2 aromatic rings.